The van der Waals surface area contributed by atoms with E-state index in [-0.39, 0.29) is 5.91 Å². The maximum Gasteiger partial charge on any atom is 0.272 e. The first kappa shape index (κ1) is 14.6. The second-order valence-corrected chi connectivity index (χ2v) is 5.22. The Labute approximate surface area is 120 Å². The predicted octanol–water partition coefficient (Wildman–Crippen LogP) is 3.21. The van der Waals surface area contributed by atoms with E-state index in [9.17, 15) is 4.79 Å². The maximum absolute atomic E-state index is 12.7. The van der Waals surface area contributed by atoms with Crippen LogP contribution in [0.25, 0.3) is 5.65 Å². The van der Waals surface area contributed by atoms with Gasteiger partial charge in [-0.15, -0.1) is 0 Å². The zero-order chi connectivity index (χ0) is 14.7. The normalized spacial score (nSPS) is 11.0. The van der Waals surface area contributed by atoms with Crippen LogP contribution in [0.2, 0.25) is 0 Å². The fourth-order valence-corrected chi connectivity index (χ4v) is 2.42. The van der Waals surface area contributed by atoms with E-state index < -0.39 is 0 Å². The molecular weight excluding hydrogens is 250 g/mol. The molecule has 0 spiro atoms. The number of imidazole rings is 1. The third kappa shape index (κ3) is 2.69. The Morgan fingerprint density at radius 3 is 2.75 bits per heavy atom. The van der Waals surface area contributed by atoms with Gasteiger partial charge in [0.15, 0.2) is 0 Å². The Morgan fingerprint density at radius 2 is 2.10 bits per heavy atom. The summed E-state index contributed by atoms with van der Waals surface area (Å²) in [7, 11) is 0. The Hall–Kier alpha value is -1.84. The van der Waals surface area contributed by atoms with Gasteiger partial charge in [0, 0.05) is 19.3 Å². The van der Waals surface area contributed by atoms with Crippen molar-refractivity contribution in [2.24, 2.45) is 0 Å². The molecule has 20 heavy (non-hydrogen) atoms. The van der Waals surface area contributed by atoms with Crippen LogP contribution in [0.1, 0.15) is 48.4 Å². The summed E-state index contributed by atoms with van der Waals surface area (Å²) >= 11 is 0. The minimum Gasteiger partial charge on any atom is -0.338 e. The molecule has 0 aliphatic rings. The number of aryl methyl sites for hydroxylation is 2. The lowest BCUT2D eigenvalue weighted by molar-refractivity contribution is 0.0754. The Bertz CT molecular complexity index is 615. The van der Waals surface area contributed by atoms with E-state index in [0.717, 1.165) is 42.8 Å². The quantitative estimate of drug-likeness (QED) is 0.839. The molecule has 1 amide bonds. The summed E-state index contributed by atoms with van der Waals surface area (Å²) in [6.45, 7) is 9.65. The molecule has 0 bridgehead atoms. The van der Waals surface area contributed by atoms with Crippen molar-refractivity contribution in [2.45, 2.75) is 40.5 Å². The van der Waals surface area contributed by atoms with Crippen LogP contribution >= 0.6 is 0 Å². The number of hydrogen-bond donors (Lipinski definition) is 0. The van der Waals surface area contributed by atoms with E-state index in [2.05, 4.69) is 11.9 Å². The number of hydrogen-bond acceptors (Lipinski definition) is 2. The number of unbranched alkanes of at least 4 members (excludes halogenated alkanes) is 1. The van der Waals surface area contributed by atoms with Gasteiger partial charge in [-0.25, -0.2) is 4.98 Å². The highest BCUT2D eigenvalue weighted by Crippen LogP contribution is 2.16. The van der Waals surface area contributed by atoms with Gasteiger partial charge in [0.05, 0.1) is 5.69 Å². The van der Waals surface area contributed by atoms with Crippen LogP contribution < -0.4 is 0 Å². The van der Waals surface area contributed by atoms with Crippen molar-refractivity contribution in [3.63, 3.8) is 0 Å². The van der Waals surface area contributed by atoms with Gasteiger partial charge in [-0.05, 0) is 44.9 Å². The van der Waals surface area contributed by atoms with Gasteiger partial charge in [0.2, 0.25) is 0 Å². The summed E-state index contributed by atoms with van der Waals surface area (Å²) in [5.74, 6) is 0.0785. The smallest absolute Gasteiger partial charge is 0.272 e. The molecule has 0 atom stereocenters. The second kappa shape index (κ2) is 6.07. The third-order valence-corrected chi connectivity index (χ3v) is 3.61. The minimum atomic E-state index is 0.0785. The van der Waals surface area contributed by atoms with Gasteiger partial charge >= 0.3 is 0 Å². The van der Waals surface area contributed by atoms with Gasteiger partial charge in [-0.3, -0.25) is 9.20 Å². The van der Waals surface area contributed by atoms with Crippen LogP contribution in [-0.4, -0.2) is 33.3 Å². The number of pyridine rings is 1. The maximum atomic E-state index is 12.7. The Morgan fingerprint density at radius 1 is 1.35 bits per heavy atom. The average Bonchev–Trinajstić information content (AvgIpc) is 2.74. The molecule has 0 fully saturated rings. The molecule has 0 radical (unpaired) electrons. The molecule has 2 heterocycles. The molecule has 4 nitrogen and oxygen atoms in total. The zero-order valence-corrected chi connectivity index (χ0v) is 12.8. The van der Waals surface area contributed by atoms with Crippen LogP contribution in [0.4, 0.5) is 0 Å². The van der Waals surface area contributed by atoms with Gasteiger partial charge in [-0.1, -0.05) is 13.3 Å². The van der Waals surface area contributed by atoms with Crippen molar-refractivity contribution in [2.75, 3.05) is 13.1 Å². The summed E-state index contributed by atoms with van der Waals surface area (Å²) in [5.41, 5.74) is 3.49. The highest BCUT2D eigenvalue weighted by Gasteiger charge is 2.21. The number of nitrogens with zero attached hydrogens (tertiary/aromatic N) is 3. The number of rotatable bonds is 5. The van der Waals surface area contributed by atoms with Crippen LogP contribution in [0.15, 0.2) is 18.3 Å². The van der Waals surface area contributed by atoms with Gasteiger partial charge in [0.1, 0.15) is 11.3 Å². The van der Waals surface area contributed by atoms with Crippen molar-refractivity contribution < 1.29 is 4.79 Å². The molecule has 4 heteroatoms. The summed E-state index contributed by atoms with van der Waals surface area (Å²) < 4.78 is 1.90. The second-order valence-electron chi connectivity index (χ2n) is 5.22. The van der Waals surface area contributed by atoms with Crippen molar-refractivity contribution in [3.8, 4) is 0 Å². The van der Waals surface area contributed by atoms with Crippen molar-refractivity contribution in [3.05, 3.63) is 35.3 Å². The van der Waals surface area contributed by atoms with E-state index in [1.54, 1.807) is 0 Å². The molecule has 0 aromatic carbocycles. The van der Waals surface area contributed by atoms with Gasteiger partial charge < -0.3 is 4.90 Å². The molecule has 2 aromatic heterocycles. The van der Waals surface area contributed by atoms with E-state index in [4.69, 9.17) is 0 Å². The summed E-state index contributed by atoms with van der Waals surface area (Å²) in [6.07, 6.45) is 4.06. The van der Waals surface area contributed by atoms with Crippen molar-refractivity contribution >= 4 is 11.6 Å². The van der Waals surface area contributed by atoms with Crippen LogP contribution in [0, 0.1) is 13.8 Å². The van der Waals surface area contributed by atoms with E-state index in [0.29, 0.717) is 5.69 Å². The number of carbonyl (C=O) groups is 1. The van der Waals surface area contributed by atoms with E-state index in [1.165, 1.54) is 0 Å². The lowest BCUT2D eigenvalue weighted by atomic mass is 10.2. The van der Waals surface area contributed by atoms with Crippen LogP contribution in [-0.2, 0) is 0 Å². The van der Waals surface area contributed by atoms with Crippen molar-refractivity contribution in [1.82, 2.24) is 14.3 Å². The molecule has 0 N–H and O–H groups in total. The molecule has 0 saturated heterocycles. The molecule has 108 valence electrons. The number of carbonyl (C=O) groups excluding carboxylic acids is 1. The zero-order valence-electron chi connectivity index (χ0n) is 12.8. The SMILES string of the molecule is CCCCN(CC)C(=O)c1c(C)nc2cc(C)ccn12. The molecule has 0 aliphatic carbocycles. The summed E-state index contributed by atoms with van der Waals surface area (Å²) in [6, 6.07) is 4.01. The minimum absolute atomic E-state index is 0.0785. The topological polar surface area (TPSA) is 37.6 Å². The predicted molar refractivity (Wildman–Crippen MR) is 81.2 cm³/mol. The van der Waals surface area contributed by atoms with Gasteiger partial charge in [0.25, 0.3) is 5.91 Å². The summed E-state index contributed by atoms with van der Waals surface area (Å²) in [5, 5.41) is 0. The molecular formula is C16H23N3O. The Kier molecular flexibility index (Phi) is 4.42. The summed E-state index contributed by atoms with van der Waals surface area (Å²) in [4.78, 5) is 19.1. The first-order valence-electron chi connectivity index (χ1n) is 7.33. The van der Waals surface area contributed by atoms with Crippen LogP contribution in [0.5, 0.6) is 0 Å². The standard InChI is InChI=1S/C16H23N3O/c1-5-7-9-18(6-2)16(20)15-13(4)17-14-11-12(3)8-10-19(14)15/h8,10-11H,5-7,9H2,1-4H3. The first-order valence-corrected chi connectivity index (χ1v) is 7.33. The average molecular weight is 273 g/mol. The fraction of sp³-hybridized carbons (Fsp3) is 0.500. The number of amides is 1. The molecule has 2 rings (SSSR count). The molecule has 2 aromatic rings. The lowest BCUT2D eigenvalue weighted by Crippen LogP contribution is -2.33. The van der Waals surface area contributed by atoms with Crippen LogP contribution in [0.3, 0.4) is 0 Å². The monoisotopic (exact) mass is 273 g/mol. The number of aromatic nitrogens is 2. The highest BCUT2D eigenvalue weighted by atomic mass is 16.2. The highest BCUT2D eigenvalue weighted by molar-refractivity contribution is 5.94. The number of fused-ring (bicyclic) bond motifs is 1. The largest absolute Gasteiger partial charge is 0.338 e. The van der Waals surface area contributed by atoms with E-state index in [1.807, 2.05) is 48.4 Å². The molecule has 0 saturated carbocycles. The third-order valence-electron chi connectivity index (χ3n) is 3.61. The van der Waals surface area contributed by atoms with E-state index >= 15 is 0 Å². The molecule has 0 aliphatic heterocycles. The fourth-order valence-electron chi connectivity index (χ4n) is 2.42. The Balaban J connectivity index is 2.40. The van der Waals surface area contributed by atoms with Gasteiger partial charge in [-0.2, -0.15) is 0 Å². The first-order chi connectivity index (χ1) is 9.58. The molecule has 0 unspecified atom stereocenters. The lowest BCUT2D eigenvalue weighted by Gasteiger charge is -2.20. The van der Waals surface area contributed by atoms with Crippen molar-refractivity contribution in [1.29, 1.82) is 0 Å².